The van der Waals surface area contributed by atoms with Crippen LogP contribution in [0, 0.1) is 5.41 Å². The molecule has 1 aromatic heterocycles. The van der Waals surface area contributed by atoms with E-state index in [-0.39, 0.29) is 23.1 Å². The molecule has 0 atom stereocenters. The average Bonchev–Trinajstić information content (AvgIpc) is 2.73. The van der Waals surface area contributed by atoms with Crippen LogP contribution in [0.25, 0.3) is 0 Å². The molecular weight excluding hydrogens is 202 g/mol. The van der Waals surface area contributed by atoms with Crippen molar-refractivity contribution in [2.24, 2.45) is 10.2 Å². The second-order valence-electron chi connectivity index (χ2n) is 2.66. The first-order valence-electron chi connectivity index (χ1n) is 3.91. The molecule has 0 bridgehead atoms. The lowest BCUT2D eigenvalue weighted by Gasteiger charge is -1.83. The Morgan fingerprint density at radius 2 is 2.07 bits per heavy atom. The van der Waals surface area contributed by atoms with Crippen LogP contribution in [0.4, 0.5) is 0 Å². The van der Waals surface area contributed by atoms with Crippen LogP contribution in [0.15, 0.2) is 15.0 Å². The fraction of sp³-hybridized carbons (Fsp3) is 0.167. The van der Waals surface area contributed by atoms with Gasteiger partial charge in [0, 0.05) is 0 Å². The number of nitrogens with one attached hydrogen (secondary N) is 3. The quantitative estimate of drug-likeness (QED) is 0.404. The van der Waals surface area contributed by atoms with E-state index in [2.05, 4.69) is 31.3 Å². The number of aromatic nitrogens is 2. The summed E-state index contributed by atoms with van der Waals surface area (Å²) < 4.78 is 0. The van der Waals surface area contributed by atoms with Crippen molar-refractivity contribution in [3.05, 3.63) is 21.2 Å². The summed E-state index contributed by atoms with van der Waals surface area (Å²) in [4.78, 5) is 21.9. The van der Waals surface area contributed by atoms with E-state index >= 15 is 0 Å². The Kier molecular flexibility index (Phi) is 2.14. The Labute approximate surface area is 81.8 Å². The number of amides is 1. The molecule has 15 heavy (non-hydrogen) atoms. The minimum atomic E-state index is -0.726. The van der Waals surface area contributed by atoms with Crippen LogP contribution in [-0.4, -0.2) is 28.4 Å². The maximum Gasteiger partial charge on any atom is 0.319 e. The zero-order valence-corrected chi connectivity index (χ0v) is 7.31. The summed E-state index contributed by atoms with van der Waals surface area (Å²) in [6, 6.07) is 0. The lowest BCUT2D eigenvalue weighted by atomic mass is 10.4. The Hall–Kier alpha value is -2.29. The molecule has 1 amide bonds. The highest BCUT2D eigenvalue weighted by Crippen LogP contribution is 1.83. The zero-order valence-electron chi connectivity index (χ0n) is 7.31. The molecule has 0 radical (unpaired) electrons. The van der Waals surface area contributed by atoms with Gasteiger partial charge < -0.3 is 0 Å². The van der Waals surface area contributed by atoms with E-state index in [1.807, 2.05) is 0 Å². The normalized spacial score (nSPS) is 19.9. The monoisotopic (exact) mass is 207 g/mol. The van der Waals surface area contributed by atoms with Crippen LogP contribution in [0.3, 0.4) is 0 Å². The number of hydrazine groups is 1. The second kappa shape index (κ2) is 3.46. The van der Waals surface area contributed by atoms with E-state index in [1.165, 1.54) is 0 Å². The van der Waals surface area contributed by atoms with Gasteiger partial charge in [0.25, 0.3) is 5.91 Å². The van der Waals surface area contributed by atoms with E-state index in [1.54, 1.807) is 0 Å². The number of carbonyl (C=O) groups is 1. The van der Waals surface area contributed by atoms with Gasteiger partial charge >= 0.3 is 5.56 Å². The van der Waals surface area contributed by atoms with E-state index in [4.69, 9.17) is 5.41 Å². The number of nitrogens with zero attached hydrogens (tertiary/aromatic N) is 4. The summed E-state index contributed by atoms with van der Waals surface area (Å²) in [6.07, 6.45) is 0. The first-order valence-corrected chi connectivity index (χ1v) is 3.91. The van der Waals surface area contributed by atoms with Crippen molar-refractivity contribution in [2.45, 2.75) is 0 Å². The van der Waals surface area contributed by atoms with Crippen molar-refractivity contribution in [1.29, 1.82) is 5.41 Å². The van der Waals surface area contributed by atoms with Crippen LogP contribution in [-0.2, 0) is 4.79 Å². The average molecular weight is 207 g/mol. The van der Waals surface area contributed by atoms with Gasteiger partial charge in [-0.3, -0.25) is 20.4 Å². The van der Waals surface area contributed by atoms with Gasteiger partial charge in [-0.25, -0.2) is 5.43 Å². The molecule has 3 N–H and O–H groups in total. The zero-order chi connectivity index (χ0) is 10.8. The van der Waals surface area contributed by atoms with E-state index < -0.39 is 11.5 Å². The topological polar surface area (TPSA) is 133 Å². The lowest BCUT2D eigenvalue weighted by Crippen LogP contribution is -2.32. The molecule has 76 valence electrons. The van der Waals surface area contributed by atoms with Gasteiger partial charge in [-0.05, 0) is 0 Å². The Morgan fingerprint density at radius 3 is 2.60 bits per heavy atom. The molecule has 1 aliphatic rings. The lowest BCUT2D eigenvalue weighted by molar-refractivity contribution is -0.114. The predicted octanol–water partition coefficient (Wildman–Crippen LogP) is -3.92. The molecule has 1 aromatic rings. The van der Waals surface area contributed by atoms with Crippen LogP contribution in [0.5, 0.6) is 0 Å². The van der Waals surface area contributed by atoms with E-state index in [9.17, 15) is 9.59 Å². The third kappa shape index (κ3) is 1.67. The minimum Gasteiger partial charge on any atom is -0.286 e. The smallest absolute Gasteiger partial charge is 0.286 e. The molecule has 0 unspecified atom stereocenters. The van der Waals surface area contributed by atoms with Crippen molar-refractivity contribution < 1.29 is 4.79 Å². The summed E-state index contributed by atoms with van der Waals surface area (Å²) in [5, 5.41) is 20.2. The molecule has 2 rings (SSSR count). The van der Waals surface area contributed by atoms with Gasteiger partial charge in [0.05, 0.1) is 6.54 Å². The molecule has 0 spiro atoms. The molecule has 9 nitrogen and oxygen atoms in total. The maximum atomic E-state index is 11.0. The third-order valence-electron chi connectivity index (χ3n) is 1.66. The minimum absolute atomic E-state index is 0.134. The highest BCUT2D eigenvalue weighted by molar-refractivity contribution is 6.41. The summed E-state index contributed by atoms with van der Waals surface area (Å²) in [5.41, 5.74) is 3.88. The van der Waals surface area contributed by atoms with E-state index in [0.717, 1.165) is 0 Å². The standard InChI is InChI=1S/C6H5N7O2/c7-4-3(6(15)13-11-4)10-9-2-1-8-12-5(2)14/h7-8H,1H2,(H,12,14). The summed E-state index contributed by atoms with van der Waals surface area (Å²) in [5.74, 6) is -0.412. The Morgan fingerprint density at radius 1 is 1.27 bits per heavy atom. The molecule has 1 aliphatic heterocycles. The van der Waals surface area contributed by atoms with Gasteiger partial charge in [0.1, 0.15) is 5.71 Å². The van der Waals surface area contributed by atoms with Crippen molar-refractivity contribution in [3.8, 4) is 0 Å². The fourth-order valence-electron chi connectivity index (χ4n) is 0.933. The van der Waals surface area contributed by atoms with E-state index in [0.29, 0.717) is 0 Å². The highest BCUT2D eigenvalue weighted by Gasteiger charge is 2.17. The SMILES string of the molecule is N=c1nnc(=O)c1=NN=C1CNNC1=O. The van der Waals surface area contributed by atoms with Crippen LogP contribution in [0.2, 0.25) is 0 Å². The van der Waals surface area contributed by atoms with Gasteiger partial charge in [-0.15, -0.1) is 20.4 Å². The number of hydrogen-bond donors (Lipinski definition) is 3. The molecule has 0 aliphatic carbocycles. The summed E-state index contributed by atoms with van der Waals surface area (Å²) in [6.45, 7) is 0.214. The van der Waals surface area contributed by atoms with Gasteiger partial charge in [-0.2, -0.15) is 0 Å². The number of hydrogen-bond acceptors (Lipinski definition) is 8. The van der Waals surface area contributed by atoms with Gasteiger partial charge in [0.2, 0.25) is 5.49 Å². The summed E-state index contributed by atoms with van der Waals surface area (Å²) >= 11 is 0. The van der Waals surface area contributed by atoms with Gasteiger partial charge in [-0.1, -0.05) is 0 Å². The molecule has 1 fully saturated rings. The molecule has 0 aromatic carbocycles. The van der Waals surface area contributed by atoms with Crippen LogP contribution >= 0.6 is 0 Å². The third-order valence-corrected chi connectivity index (χ3v) is 1.66. The Bertz CT molecular complexity index is 549. The van der Waals surface area contributed by atoms with Crippen molar-refractivity contribution in [2.75, 3.05) is 6.54 Å². The number of rotatable bonds is 1. The Balaban J connectivity index is 2.45. The second-order valence-corrected chi connectivity index (χ2v) is 2.66. The molecular formula is C6H5N7O2. The maximum absolute atomic E-state index is 11.0. The van der Waals surface area contributed by atoms with Crippen molar-refractivity contribution in [3.63, 3.8) is 0 Å². The number of carbonyl (C=O) groups excluding carboxylic acids is 1. The molecule has 0 saturated carbocycles. The van der Waals surface area contributed by atoms with Crippen molar-refractivity contribution >= 4 is 11.6 Å². The summed E-state index contributed by atoms with van der Waals surface area (Å²) in [7, 11) is 0. The molecule has 9 heteroatoms. The fourth-order valence-corrected chi connectivity index (χ4v) is 0.933. The first kappa shape index (κ1) is 9.27. The first-order chi connectivity index (χ1) is 7.18. The molecule has 2 heterocycles. The van der Waals surface area contributed by atoms with Crippen molar-refractivity contribution in [1.82, 2.24) is 21.0 Å². The van der Waals surface area contributed by atoms with Crippen LogP contribution in [0.1, 0.15) is 0 Å². The molecule has 1 saturated heterocycles. The predicted molar refractivity (Wildman–Crippen MR) is 45.7 cm³/mol. The van der Waals surface area contributed by atoms with Crippen LogP contribution < -0.4 is 27.3 Å². The van der Waals surface area contributed by atoms with Gasteiger partial charge in [0.15, 0.2) is 5.36 Å². The highest BCUT2D eigenvalue weighted by atomic mass is 16.2. The largest absolute Gasteiger partial charge is 0.319 e.